The molecule has 0 spiro atoms. The smallest absolute Gasteiger partial charge is 0.264 e. The molecule has 0 bridgehead atoms. The van der Waals surface area contributed by atoms with E-state index in [0.717, 1.165) is 31.1 Å². The zero-order chi connectivity index (χ0) is 28.7. The molecular formula is C27H25NO8S4. The molecule has 1 aliphatic carbocycles. The fourth-order valence-corrected chi connectivity index (χ4v) is 8.02. The number of carbonyl (C=O) groups is 1. The van der Waals surface area contributed by atoms with Crippen LogP contribution in [0.5, 0.6) is 0 Å². The molecule has 1 aromatic heterocycles. The Bertz CT molecular complexity index is 1820. The van der Waals surface area contributed by atoms with Crippen LogP contribution in [0, 0.1) is 0 Å². The molecule has 1 aliphatic heterocycles. The Kier molecular flexibility index (Phi) is 7.97. The molecule has 0 fully saturated rings. The van der Waals surface area contributed by atoms with Gasteiger partial charge in [0.05, 0.1) is 33.4 Å². The third-order valence-corrected chi connectivity index (χ3v) is 10.4. The molecule has 2 aliphatic rings. The van der Waals surface area contributed by atoms with Gasteiger partial charge in [0.25, 0.3) is 20.2 Å². The maximum absolute atomic E-state index is 13.2. The van der Waals surface area contributed by atoms with Gasteiger partial charge in [0.15, 0.2) is 0 Å². The van der Waals surface area contributed by atoms with Crippen molar-refractivity contribution in [3.05, 3.63) is 87.0 Å². The van der Waals surface area contributed by atoms with Crippen molar-refractivity contribution < 1.29 is 35.8 Å². The number of carbonyl (C=O) groups excluding carboxylic acids is 1. The Hall–Kier alpha value is -2.94. The van der Waals surface area contributed by atoms with E-state index in [2.05, 4.69) is 0 Å². The van der Waals surface area contributed by atoms with E-state index in [1.165, 1.54) is 23.1 Å². The monoisotopic (exact) mass is 619 g/mol. The van der Waals surface area contributed by atoms with Crippen molar-refractivity contribution in [2.24, 2.45) is 0 Å². The van der Waals surface area contributed by atoms with Crippen molar-refractivity contribution in [2.45, 2.75) is 24.2 Å². The highest BCUT2D eigenvalue weighted by Gasteiger charge is 2.35. The number of rotatable bonds is 10. The number of fused-ring (bicyclic) bond motifs is 2. The van der Waals surface area contributed by atoms with Gasteiger partial charge >= 0.3 is 0 Å². The molecular weight excluding hydrogens is 595 g/mol. The van der Waals surface area contributed by atoms with Crippen molar-refractivity contribution in [1.82, 2.24) is 0 Å². The van der Waals surface area contributed by atoms with Gasteiger partial charge < -0.3 is 10.0 Å². The third kappa shape index (κ3) is 6.19. The molecule has 3 aromatic rings. The van der Waals surface area contributed by atoms with Crippen LogP contribution in [0.3, 0.4) is 0 Å². The van der Waals surface area contributed by atoms with Crippen LogP contribution in [0.15, 0.2) is 81.4 Å². The molecule has 0 amide bonds. The molecule has 9 nitrogen and oxygen atoms in total. The first kappa shape index (κ1) is 28.6. The Labute approximate surface area is 240 Å². The van der Waals surface area contributed by atoms with E-state index in [1.54, 1.807) is 12.2 Å². The number of aliphatic hydroxyl groups is 1. The number of aryl methyl sites for hydroxylation is 1. The molecule has 0 atom stereocenters. The van der Waals surface area contributed by atoms with Gasteiger partial charge in [-0.25, -0.2) is 0 Å². The molecule has 13 heteroatoms. The van der Waals surface area contributed by atoms with E-state index in [4.69, 9.17) is 9.11 Å². The lowest BCUT2D eigenvalue weighted by atomic mass is 9.87. The van der Waals surface area contributed by atoms with Crippen LogP contribution in [0.2, 0.25) is 0 Å². The van der Waals surface area contributed by atoms with Gasteiger partial charge in [0, 0.05) is 21.0 Å². The minimum atomic E-state index is -4.11. The second kappa shape index (κ2) is 11.1. The number of para-hydroxylation sites is 1. The SMILES string of the molecule is O=C1C(/C=C2\Sc3ccccc3N2CCCS(=O)(=O)O)=C(O)C/1=C/c1sc2ccccc2c1CCCS(=O)(=O)O. The number of allylic oxidation sites excluding steroid dienone is 3. The van der Waals surface area contributed by atoms with Gasteiger partial charge in [-0.1, -0.05) is 42.1 Å². The van der Waals surface area contributed by atoms with Crippen LogP contribution >= 0.6 is 23.1 Å². The molecule has 210 valence electrons. The first-order chi connectivity index (χ1) is 18.9. The second-order valence-corrected chi connectivity index (χ2v) is 14.6. The third-order valence-electron chi connectivity index (χ3n) is 6.52. The minimum absolute atomic E-state index is 0.135. The minimum Gasteiger partial charge on any atom is -0.506 e. The van der Waals surface area contributed by atoms with Gasteiger partial charge in [-0.3, -0.25) is 13.9 Å². The number of hydrogen-bond donors (Lipinski definition) is 3. The summed E-state index contributed by atoms with van der Waals surface area (Å²) in [4.78, 5) is 16.7. The van der Waals surface area contributed by atoms with Crippen LogP contribution in [-0.2, 0) is 31.5 Å². The van der Waals surface area contributed by atoms with Crippen molar-refractivity contribution in [3.8, 4) is 0 Å². The van der Waals surface area contributed by atoms with Crippen LogP contribution in [0.4, 0.5) is 5.69 Å². The van der Waals surface area contributed by atoms with E-state index in [9.17, 15) is 26.7 Å². The van der Waals surface area contributed by atoms with Gasteiger partial charge in [-0.2, -0.15) is 16.8 Å². The highest BCUT2D eigenvalue weighted by Crippen LogP contribution is 2.47. The number of aliphatic hydroxyl groups excluding tert-OH is 1. The van der Waals surface area contributed by atoms with Gasteiger partial charge in [0.2, 0.25) is 5.78 Å². The lowest BCUT2D eigenvalue weighted by Crippen LogP contribution is -2.24. The van der Waals surface area contributed by atoms with Crippen LogP contribution in [0.1, 0.15) is 23.3 Å². The lowest BCUT2D eigenvalue weighted by molar-refractivity contribution is -0.113. The molecule has 5 rings (SSSR count). The Morgan fingerprint density at radius 1 is 0.875 bits per heavy atom. The number of nitrogens with zero attached hydrogens (tertiary/aromatic N) is 1. The number of anilines is 1. The average Bonchev–Trinajstić information content (AvgIpc) is 3.42. The summed E-state index contributed by atoms with van der Waals surface area (Å²) in [7, 11) is -8.22. The summed E-state index contributed by atoms with van der Waals surface area (Å²) in [5.74, 6) is -1.28. The summed E-state index contributed by atoms with van der Waals surface area (Å²) >= 11 is 2.83. The van der Waals surface area contributed by atoms with Crippen molar-refractivity contribution in [1.29, 1.82) is 0 Å². The summed E-state index contributed by atoms with van der Waals surface area (Å²) in [6.07, 6.45) is 3.94. The molecule has 0 unspecified atom stereocenters. The molecule has 3 N–H and O–H groups in total. The predicted octanol–water partition coefficient (Wildman–Crippen LogP) is 5.23. The van der Waals surface area contributed by atoms with E-state index in [-0.39, 0.29) is 47.8 Å². The first-order valence-corrected chi connectivity index (χ1v) is 17.1. The molecule has 0 radical (unpaired) electrons. The summed E-state index contributed by atoms with van der Waals surface area (Å²) in [5, 5.41) is 12.5. The number of hydrogen-bond acceptors (Lipinski definition) is 9. The van der Waals surface area contributed by atoms with Gasteiger partial charge in [0.1, 0.15) is 5.76 Å². The van der Waals surface area contributed by atoms with E-state index in [1.807, 2.05) is 53.4 Å². The van der Waals surface area contributed by atoms with Crippen molar-refractivity contribution in [2.75, 3.05) is 23.0 Å². The number of ketones is 1. The van der Waals surface area contributed by atoms with Crippen molar-refractivity contribution >= 4 is 71.0 Å². The summed E-state index contributed by atoms with van der Waals surface area (Å²) in [6, 6.07) is 15.1. The first-order valence-electron chi connectivity index (χ1n) is 12.3. The Morgan fingerprint density at radius 3 is 2.27 bits per heavy atom. The number of thiophene rings is 1. The molecule has 2 heterocycles. The Balaban J connectivity index is 1.44. The van der Waals surface area contributed by atoms with Crippen LogP contribution in [0.25, 0.3) is 16.2 Å². The highest BCUT2D eigenvalue weighted by molar-refractivity contribution is 8.03. The van der Waals surface area contributed by atoms with Crippen LogP contribution in [-0.4, -0.2) is 54.9 Å². The topological polar surface area (TPSA) is 149 Å². The number of Topliss-reactive ketones (excluding diaryl/α,β-unsaturated/α-hetero) is 1. The highest BCUT2D eigenvalue weighted by atomic mass is 32.2. The largest absolute Gasteiger partial charge is 0.506 e. The molecule has 0 saturated carbocycles. The fraction of sp³-hybridized carbons (Fsp3) is 0.222. The zero-order valence-electron chi connectivity index (χ0n) is 21.0. The van der Waals surface area contributed by atoms with E-state index in [0.29, 0.717) is 11.4 Å². The summed E-state index contributed by atoms with van der Waals surface area (Å²) in [6.45, 7) is 0.287. The molecule has 0 saturated heterocycles. The molecule has 2 aromatic carbocycles. The van der Waals surface area contributed by atoms with Crippen molar-refractivity contribution in [3.63, 3.8) is 0 Å². The van der Waals surface area contributed by atoms with E-state index >= 15 is 0 Å². The molecule has 40 heavy (non-hydrogen) atoms. The Morgan fingerprint density at radius 2 is 1.55 bits per heavy atom. The van der Waals surface area contributed by atoms with Gasteiger partial charge in [-0.15, -0.1) is 11.3 Å². The maximum atomic E-state index is 13.2. The summed E-state index contributed by atoms with van der Waals surface area (Å²) < 4.78 is 64.1. The second-order valence-electron chi connectivity index (χ2n) is 9.32. The summed E-state index contributed by atoms with van der Waals surface area (Å²) in [5.41, 5.74) is 1.97. The normalized spacial score (nSPS) is 17.8. The number of benzene rings is 2. The predicted molar refractivity (Wildman–Crippen MR) is 158 cm³/mol. The zero-order valence-corrected chi connectivity index (χ0v) is 24.2. The lowest BCUT2D eigenvalue weighted by Gasteiger charge is -2.23. The number of thioether (sulfide) groups is 1. The quantitative estimate of drug-likeness (QED) is 0.203. The van der Waals surface area contributed by atoms with Crippen LogP contribution < -0.4 is 4.90 Å². The standard InChI is InChI=1S/C27H25NO8S4/c29-26-19(15-24-18(8-5-13-39(31,32)33)17-7-1-3-10-22(17)37-24)27(30)20(26)16-25-28(12-6-14-40(34,35)36)21-9-2-4-11-23(21)38-25/h1-4,7,9-11,15-16,29H,5-6,8,12-14H2,(H,31,32,33)(H,34,35,36)/b19-15-,25-16-. The fourth-order valence-electron chi connectivity index (χ4n) is 4.68. The van der Waals surface area contributed by atoms with E-state index < -0.39 is 26.0 Å². The maximum Gasteiger partial charge on any atom is 0.264 e. The van der Waals surface area contributed by atoms with Gasteiger partial charge in [-0.05, 0) is 60.6 Å². The average molecular weight is 620 g/mol.